The normalized spacial score (nSPS) is 20.1. The molecule has 0 fully saturated rings. The molecule has 0 saturated heterocycles. The van der Waals surface area contributed by atoms with Crippen LogP contribution in [0.5, 0.6) is 0 Å². The standard InChI is InChI=1S/C15H26N2O3/c1-11(16-14(19)20-15(2,3)4)10-13(18)17-12-8-6-5-7-9-12/h5-6,11-12H,7-10H2,1-4H3,(H,16,19)(H,17,18). The van der Waals surface area contributed by atoms with Gasteiger partial charge in [0.1, 0.15) is 5.60 Å². The summed E-state index contributed by atoms with van der Waals surface area (Å²) in [6.07, 6.45) is 6.89. The van der Waals surface area contributed by atoms with E-state index in [4.69, 9.17) is 4.74 Å². The molecule has 0 aromatic heterocycles. The van der Waals surface area contributed by atoms with Gasteiger partial charge in [0.25, 0.3) is 0 Å². The van der Waals surface area contributed by atoms with E-state index in [1.54, 1.807) is 27.7 Å². The highest BCUT2D eigenvalue weighted by molar-refractivity contribution is 5.78. The lowest BCUT2D eigenvalue weighted by Gasteiger charge is -2.23. The zero-order valence-corrected chi connectivity index (χ0v) is 12.9. The fourth-order valence-electron chi connectivity index (χ4n) is 2.05. The first-order valence-electron chi connectivity index (χ1n) is 7.20. The van der Waals surface area contributed by atoms with E-state index in [2.05, 4.69) is 22.8 Å². The van der Waals surface area contributed by atoms with Gasteiger partial charge in [0.15, 0.2) is 0 Å². The van der Waals surface area contributed by atoms with Crippen LogP contribution in [0.2, 0.25) is 0 Å². The van der Waals surface area contributed by atoms with Gasteiger partial charge >= 0.3 is 6.09 Å². The third kappa shape index (κ3) is 7.16. The molecular weight excluding hydrogens is 256 g/mol. The Morgan fingerprint density at radius 2 is 2.05 bits per heavy atom. The molecule has 0 spiro atoms. The summed E-state index contributed by atoms with van der Waals surface area (Å²) >= 11 is 0. The number of carbonyl (C=O) groups is 2. The average molecular weight is 282 g/mol. The monoisotopic (exact) mass is 282 g/mol. The molecule has 2 atom stereocenters. The van der Waals surface area contributed by atoms with E-state index < -0.39 is 11.7 Å². The lowest BCUT2D eigenvalue weighted by atomic mass is 10.0. The predicted molar refractivity (Wildman–Crippen MR) is 78.4 cm³/mol. The zero-order chi connectivity index (χ0) is 15.2. The van der Waals surface area contributed by atoms with E-state index in [1.165, 1.54) is 0 Å². The lowest BCUT2D eigenvalue weighted by molar-refractivity contribution is -0.122. The third-order valence-electron chi connectivity index (χ3n) is 2.89. The van der Waals surface area contributed by atoms with Crippen molar-refractivity contribution >= 4 is 12.0 Å². The Kier molecular flexibility index (Phi) is 6.05. The maximum atomic E-state index is 11.9. The molecule has 1 aliphatic carbocycles. The second kappa shape index (κ2) is 7.31. The SMILES string of the molecule is CC(CC(=O)NC1CC=CCC1)NC(=O)OC(C)(C)C. The first-order chi connectivity index (χ1) is 9.26. The molecule has 0 saturated carbocycles. The molecule has 0 bridgehead atoms. The second-order valence-corrected chi connectivity index (χ2v) is 6.30. The van der Waals surface area contributed by atoms with Crippen LogP contribution < -0.4 is 10.6 Å². The molecule has 0 heterocycles. The molecule has 2 unspecified atom stereocenters. The van der Waals surface area contributed by atoms with Crippen LogP contribution in [-0.2, 0) is 9.53 Å². The Morgan fingerprint density at radius 3 is 2.60 bits per heavy atom. The van der Waals surface area contributed by atoms with Crippen LogP contribution >= 0.6 is 0 Å². The van der Waals surface area contributed by atoms with Gasteiger partial charge in [0, 0.05) is 18.5 Å². The van der Waals surface area contributed by atoms with Crippen LogP contribution in [0.15, 0.2) is 12.2 Å². The topological polar surface area (TPSA) is 67.4 Å². The fraction of sp³-hybridized carbons (Fsp3) is 0.733. The van der Waals surface area contributed by atoms with Crippen molar-refractivity contribution in [3.63, 3.8) is 0 Å². The first-order valence-corrected chi connectivity index (χ1v) is 7.20. The summed E-state index contributed by atoms with van der Waals surface area (Å²) in [6.45, 7) is 7.21. The molecule has 5 heteroatoms. The fourth-order valence-corrected chi connectivity index (χ4v) is 2.05. The number of amides is 2. The summed E-state index contributed by atoms with van der Waals surface area (Å²) in [5, 5.41) is 5.66. The van der Waals surface area contributed by atoms with Gasteiger partial charge in [0.2, 0.25) is 5.91 Å². The van der Waals surface area contributed by atoms with E-state index in [0.717, 1.165) is 19.3 Å². The molecule has 0 aromatic rings. The van der Waals surface area contributed by atoms with Crippen molar-refractivity contribution in [3.8, 4) is 0 Å². The summed E-state index contributed by atoms with van der Waals surface area (Å²) in [5.41, 5.74) is -0.527. The van der Waals surface area contributed by atoms with Crippen molar-refractivity contribution in [1.82, 2.24) is 10.6 Å². The van der Waals surface area contributed by atoms with Gasteiger partial charge in [-0.05, 0) is 47.0 Å². The maximum Gasteiger partial charge on any atom is 0.407 e. The summed E-state index contributed by atoms with van der Waals surface area (Å²) in [6, 6.07) is -0.0230. The largest absolute Gasteiger partial charge is 0.444 e. The summed E-state index contributed by atoms with van der Waals surface area (Å²) < 4.78 is 5.15. The molecule has 1 aliphatic rings. The van der Waals surface area contributed by atoms with Gasteiger partial charge < -0.3 is 15.4 Å². The summed E-state index contributed by atoms with van der Waals surface area (Å²) in [5.74, 6) is -0.0335. The number of ether oxygens (including phenoxy) is 1. The van der Waals surface area contributed by atoms with Crippen LogP contribution in [0.25, 0.3) is 0 Å². The van der Waals surface area contributed by atoms with E-state index >= 15 is 0 Å². The molecule has 2 N–H and O–H groups in total. The number of carbonyl (C=O) groups excluding carboxylic acids is 2. The number of hydrogen-bond donors (Lipinski definition) is 2. The minimum absolute atomic E-state index is 0.0335. The molecule has 5 nitrogen and oxygen atoms in total. The van der Waals surface area contributed by atoms with E-state index in [1.807, 2.05) is 0 Å². The quantitative estimate of drug-likeness (QED) is 0.779. The zero-order valence-electron chi connectivity index (χ0n) is 12.9. The second-order valence-electron chi connectivity index (χ2n) is 6.30. The van der Waals surface area contributed by atoms with Gasteiger partial charge in [-0.25, -0.2) is 4.79 Å². The Hall–Kier alpha value is -1.52. The molecular formula is C15H26N2O3. The van der Waals surface area contributed by atoms with Crippen molar-refractivity contribution < 1.29 is 14.3 Å². The van der Waals surface area contributed by atoms with Crippen LogP contribution in [-0.4, -0.2) is 29.7 Å². The number of nitrogens with one attached hydrogen (secondary N) is 2. The van der Waals surface area contributed by atoms with Crippen LogP contribution in [0, 0.1) is 0 Å². The van der Waals surface area contributed by atoms with E-state index in [0.29, 0.717) is 0 Å². The average Bonchev–Trinajstić information content (AvgIpc) is 2.26. The van der Waals surface area contributed by atoms with Crippen LogP contribution in [0.4, 0.5) is 4.79 Å². The van der Waals surface area contributed by atoms with Gasteiger partial charge in [-0.2, -0.15) is 0 Å². The minimum Gasteiger partial charge on any atom is -0.444 e. The minimum atomic E-state index is -0.527. The highest BCUT2D eigenvalue weighted by atomic mass is 16.6. The van der Waals surface area contributed by atoms with Crippen LogP contribution in [0.3, 0.4) is 0 Å². The lowest BCUT2D eigenvalue weighted by Crippen LogP contribution is -2.42. The maximum absolute atomic E-state index is 11.9. The molecule has 1 rings (SSSR count). The Balaban J connectivity index is 2.27. The van der Waals surface area contributed by atoms with Gasteiger partial charge in [-0.3, -0.25) is 4.79 Å². The van der Waals surface area contributed by atoms with E-state index in [9.17, 15) is 9.59 Å². The molecule has 0 radical (unpaired) electrons. The van der Waals surface area contributed by atoms with Crippen molar-refractivity contribution in [2.75, 3.05) is 0 Å². The van der Waals surface area contributed by atoms with Crippen molar-refractivity contribution in [2.24, 2.45) is 0 Å². The van der Waals surface area contributed by atoms with Gasteiger partial charge in [-0.15, -0.1) is 0 Å². The number of rotatable bonds is 4. The number of alkyl carbamates (subject to hydrolysis) is 1. The molecule has 20 heavy (non-hydrogen) atoms. The third-order valence-corrected chi connectivity index (χ3v) is 2.89. The molecule has 2 amide bonds. The van der Waals surface area contributed by atoms with Gasteiger partial charge in [-0.1, -0.05) is 12.2 Å². The number of allylic oxidation sites excluding steroid dienone is 1. The molecule has 114 valence electrons. The smallest absolute Gasteiger partial charge is 0.407 e. The van der Waals surface area contributed by atoms with Gasteiger partial charge in [0.05, 0.1) is 0 Å². The molecule has 0 aromatic carbocycles. The van der Waals surface area contributed by atoms with Crippen molar-refractivity contribution in [1.29, 1.82) is 0 Å². The summed E-state index contributed by atoms with van der Waals surface area (Å²) in [7, 11) is 0. The Bertz CT molecular complexity index is 372. The highest BCUT2D eigenvalue weighted by Crippen LogP contribution is 2.11. The Morgan fingerprint density at radius 1 is 1.35 bits per heavy atom. The highest BCUT2D eigenvalue weighted by Gasteiger charge is 2.20. The Labute approximate surface area is 121 Å². The van der Waals surface area contributed by atoms with Crippen molar-refractivity contribution in [2.45, 2.75) is 71.1 Å². The van der Waals surface area contributed by atoms with Crippen molar-refractivity contribution in [3.05, 3.63) is 12.2 Å². The van der Waals surface area contributed by atoms with E-state index in [-0.39, 0.29) is 24.4 Å². The predicted octanol–water partition coefficient (Wildman–Crippen LogP) is 2.51. The first kappa shape index (κ1) is 16.5. The summed E-state index contributed by atoms with van der Waals surface area (Å²) in [4.78, 5) is 23.4. The number of hydrogen-bond acceptors (Lipinski definition) is 3. The molecule has 0 aliphatic heterocycles. The van der Waals surface area contributed by atoms with Crippen LogP contribution in [0.1, 0.15) is 53.4 Å².